The molecule has 1 aromatic heterocycles. The van der Waals surface area contributed by atoms with Gasteiger partial charge in [-0.05, 0) is 37.7 Å². The van der Waals surface area contributed by atoms with Crippen molar-refractivity contribution in [2.45, 2.75) is 19.8 Å². The second kappa shape index (κ2) is 6.27. The van der Waals surface area contributed by atoms with Gasteiger partial charge in [0, 0.05) is 24.7 Å². The summed E-state index contributed by atoms with van der Waals surface area (Å²) in [5, 5.41) is 1.04. The van der Waals surface area contributed by atoms with Gasteiger partial charge < -0.3 is 9.64 Å². The van der Waals surface area contributed by atoms with Crippen molar-refractivity contribution in [2.24, 2.45) is 11.8 Å². The van der Waals surface area contributed by atoms with Gasteiger partial charge in [0.25, 0.3) is 0 Å². The molecule has 2 aliphatic rings. The van der Waals surface area contributed by atoms with E-state index in [2.05, 4.69) is 28.1 Å². The minimum Gasteiger partial charge on any atom is -0.462 e. The number of rotatable bonds is 3. The Bertz CT molecular complexity index is 783. The third kappa shape index (κ3) is 2.56. The number of para-hydroxylation sites is 1. The lowest BCUT2D eigenvalue weighted by Gasteiger charge is -2.23. The van der Waals surface area contributed by atoms with Crippen LogP contribution in [0.4, 0.5) is 5.69 Å². The summed E-state index contributed by atoms with van der Waals surface area (Å²) in [5.41, 5.74) is 2.50. The molecule has 1 aromatic carbocycles. The maximum absolute atomic E-state index is 12.5. The first kappa shape index (κ1) is 15.2. The van der Waals surface area contributed by atoms with Gasteiger partial charge in [0.15, 0.2) is 0 Å². The predicted molar refractivity (Wildman–Crippen MR) is 95.3 cm³/mol. The quantitative estimate of drug-likeness (QED) is 0.636. The van der Waals surface area contributed by atoms with Gasteiger partial charge in [-0.1, -0.05) is 30.4 Å². The fraction of sp³-hybridized carbons (Fsp3) is 0.400. The highest BCUT2D eigenvalue weighted by molar-refractivity contribution is 6.05. The second-order valence-corrected chi connectivity index (χ2v) is 6.63. The first-order chi connectivity index (χ1) is 11.8. The molecule has 1 saturated heterocycles. The minimum atomic E-state index is -0.279. The summed E-state index contributed by atoms with van der Waals surface area (Å²) >= 11 is 0. The average Bonchev–Trinajstić information content (AvgIpc) is 3.04. The first-order valence-electron chi connectivity index (χ1n) is 8.72. The van der Waals surface area contributed by atoms with E-state index in [0.717, 1.165) is 42.5 Å². The molecule has 1 aliphatic carbocycles. The van der Waals surface area contributed by atoms with E-state index in [1.54, 1.807) is 6.20 Å². The van der Waals surface area contributed by atoms with E-state index < -0.39 is 0 Å². The van der Waals surface area contributed by atoms with Gasteiger partial charge in [-0.2, -0.15) is 0 Å². The van der Waals surface area contributed by atoms with Crippen LogP contribution in [0.25, 0.3) is 10.9 Å². The molecule has 2 aromatic rings. The average molecular weight is 322 g/mol. The lowest BCUT2D eigenvalue weighted by Crippen LogP contribution is -2.23. The number of carbonyl (C=O) groups is 1. The smallest absolute Gasteiger partial charge is 0.341 e. The summed E-state index contributed by atoms with van der Waals surface area (Å²) in [6, 6.07) is 8.04. The molecule has 2 unspecified atom stereocenters. The number of fused-ring (bicyclic) bond motifs is 2. The van der Waals surface area contributed by atoms with Crippen LogP contribution >= 0.6 is 0 Å². The zero-order valence-corrected chi connectivity index (χ0v) is 13.9. The minimum absolute atomic E-state index is 0.279. The maximum Gasteiger partial charge on any atom is 0.341 e. The number of nitrogens with zero attached hydrogens (tertiary/aromatic N) is 2. The molecule has 4 nitrogen and oxygen atoms in total. The topological polar surface area (TPSA) is 42.4 Å². The van der Waals surface area contributed by atoms with Gasteiger partial charge in [-0.25, -0.2) is 4.79 Å². The molecule has 24 heavy (non-hydrogen) atoms. The Morgan fingerprint density at radius 3 is 2.62 bits per heavy atom. The van der Waals surface area contributed by atoms with Crippen molar-refractivity contribution in [3.63, 3.8) is 0 Å². The van der Waals surface area contributed by atoms with Crippen LogP contribution in [-0.2, 0) is 4.74 Å². The van der Waals surface area contributed by atoms with Gasteiger partial charge in [-0.15, -0.1) is 0 Å². The normalized spacial score (nSPS) is 22.6. The Hall–Kier alpha value is -2.36. The molecule has 2 atom stereocenters. The molecular formula is C20H22N2O2. The van der Waals surface area contributed by atoms with Crippen LogP contribution in [0.1, 0.15) is 30.1 Å². The Morgan fingerprint density at radius 1 is 1.21 bits per heavy atom. The lowest BCUT2D eigenvalue weighted by atomic mass is 9.86. The number of pyridine rings is 1. The van der Waals surface area contributed by atoms with Gasteiger partial charge in [0.05, 0.1) is 17.8 Å². The van der Waals surface area contributed by atoms with Crippen molar-refractivity contribution in [3.8, 4) is 0 Å². The Balaban J connectivity index is 1.80. The number of aromatic nitrogens is 1. The predicted octanol–water partition coefficient (Wildman–Crippen LogP) is 3.81. The summed E-state index contributed by atoms with van der Waals surface area (Å²) in [7, 11) is 0. The molecule has 124 valence electrons. The number of allylic oxidation sites excluding steroid dienone is 2. The second-order valence-electron chi connectivity index (χ2n) is 6.63. The number of anilines is 1. The van der Waals surface area contributed by atoms with E-state index in [9.17, 15) is 4.79 Å². The van der Waals surface area contributed by atoms with Crippen LogP contribution in [-0.4, -0.2) is 30.6 Å². The van der Waals surface area contributed by atoms with Crippen LogP contribution in [0, 0.1) is 11.8 Å². The highest BCUT2D eigenvalue weighted by Crippen LogP contribution is 2.39. The number of benzene rings is 1. The summed E-state index contributed by atoms with van der Waals surface area (Å²) in [5.74, 6) is 1.08. The van der Waals surface area contributed by atoms with Crippen molar-refractivity contribution >= 4 is 22.6 Å². The van der Waals surface area contributed by atoms with E-state index in [-0.39, 0.29) is 5.97 Å². The van der Waals surface area contributed by atoms with Crippen molar-refractivity contribution in [1.29, 1.82) is 0 Å². The van der Waals surface area contributed by atoms with Gasteiger partial charge in [0.2, 0.25) is 0 Å². The molecule has 0 bridgehead atoms. The fourth-order valence-corrected chi connectivity index (χ4v) is 4.02. The molecule has 0 radical (unpaired) electrons. The Morgan fingerprint density at radius 2 is 1.92 bits per heavy atom. The van der Waals surface area contributed by atoms with E-state index in [0.29, 0.717) is 24.0 Å². The van der Waals surface area contributed by atoms with Gasteiger partial charge in [0.1, 0.15) is 5.56 Å². The number of ether oxygens (including phenoxy) is 1. The number of hydrogen-bond donors (Lipinski definition) is 0. The standard InChI is InChI=1S/C20H22N2O2/c1-2-24-20(23)17-11-21-18-10-6-5-9-16(18)19(17)22-12-14-7-3-4-8-15(14)13-22/h3-6,9-11,14-15H,2,7-8,12-13H2,1H3. The zero-order chi connectivity index (χ0) is 16.5. The number of esters is 1. The van der Waals surface area contributed by atoms with Crippen molar-refractivity contribution in [1.82, 2.24) is 4.98 Å². The van der Waals surface area contributed by atoms with Crippen LogP contribution < -0.4 is 4.90 Å². The molecule has 0 N–H and O–H groups in total. The summed E-state index contributed by atoms with van der Waals surface area (Å²) in [6.07, 6.45) is 8.54. The molecule has 2 heterocycles. The monoisotopic (exact) mass is 322 g/mol. The maximum atomic E-state index is 12.5. The summed E-state index contributed by atoms with van der Waals surface area (Å²) in [6.45, 7) is 4.20. The summed E-state index contributed by atoms with van der Waals surface area (Å²) in [4.78, 5) is 19.3. The zero-order valence-electron chi connectivity index (χ0n) is 13.9. The van der Waals surface area contributed by atoms with E-state index in [1.165, 1.54) is 0 Å². The van der Waals surface area contributed by atoms with Crippen molar-refractivity contribution in [3.05, 3.63) is 48.2 Å². The van der Waals surface area contributed by atoms with E-state index in [1.807, 2.05) is 25.1 Å². The largest absolute Gasteiger partial charge is 0.462 e. The van der Waals surface area contributed by atoms with E-state index >= 15 is 0 Å². The van der Waals surface area contributed by atoms with Crippen molar-refractivity contribution in [2.75, 3.05) is 24.6 Å². The molecule has 1 aliphatic heterocycles. The highest BCUT2D eigenvalue weighted by Gasteiger charge is 2.35. The Labute approximate surface area is 142 Å². The van der Waals surface area contributed by atoms with Crippen LogP contribution in [0.3, 0.4) is 0 Å². The number of hydrogen-bond acceptors (Lipinski definition) is 4. The molecule has 0 saturated carbocycles. The van der Waals surface area contributed by atoms with E-state index in [4.69, 9.17) is 4.74 Å². The SMILES string of the molecule is CCOC(=O)c1cnc2ccccc2c1N1CC2CC=CCC2C1. The highest BCUT2D eigenvalue weighted by atomic mass is 16.5. The van der Waals surface area contributed by atoms with Crippen LogP contribution in [0.5, 0.6) is 0 Å². The molecule has 4 rings (SSSR count). The van der Waals surface area contributed by atoms with Crippen molar-refractivity contribution < 1.29 is 9.53 Å². The molecule has 4 heteroatoms. The third-order valence-corrected chi connectivity index (χ3v) is 5.18. The first-order valence-corrected chi connectivity index (χ1v) is 8.72. The molecule has 0 spiro atoms. The van der Waals surface area contributed by atoms with Crippen LogP contribution in [0.2, 0.25) is 0 Å². The third-order valence-electron chi connectivity index (χ3n) is 5.18. The molecule has 0 amide bonds. The van der Waals surface area contributed by atoms with Gasteiger partial charge in [-0.3, -0.25) is 4.98 Å². The fourth-order valence-electron chi connectivity index (χ4n) is 4.02. The van der Waals surface area contributed by atoms with Crippen LogP contribution in [0.15, 0.2) is 42.6 Å². The molecule has 1 fully saturated rings. The lowest BCUT2D eigenvalue weighted by molar-refractivity contribution is 0.0527. The summed E-state index contributed by atoms with van der Waals surface area (Å²) < 4.78 is 5.28. The number of carbonyl (C=O) groups excluding carboxylic acids is 1. The van der Waals surface area contributed by atoms with Gasteiger partial charge >= 0.3 is 5.97 Å². The Kier molecular flexibility index (Phi) is 3.97. The molecular weight excluding hydrogens is 300 g/mol.